The molecule has 2 N–H and O–H groups in total. The molecule has 0 atom stereocenters. The van der Waals surface area contributed by atoms with Gasteiger partial charge in [0.2, 0.25) is 0 Å². The van der Waals surface area contributed by atoms with Gasteiger partial charge in [-0.1, -0.05) is 18.2 Å². The summed E-state index contributed by atoms with van der Waals surface area (Å²) in [4.78, 5) is 16.8. The third kappa shape index (κ3) is 4.39. The second-order valence-electron chi connectivity index (χ2n) is 5.17. The zero-order chi connectivity index (χ0) is 16.8. The average Bonchev–Trinajstić information content (AvgIpc) is 3.13. The predicted octanol–water partition coefficient (Wildman–Crippen LogP) is 4.19. The van der Waals surface area contributed by atoms with Crippen LogP contribution >= 0.6 is 11.3 Å². The van der Waals surface area contributed by atoms with E-state index in [4.69, 9.17) is 0 Å². The summed E-state index contributed by atoms with van der Waals surface area (Å²) in [6, 6.07) is 13.7. The Bertz CT molecular complexity index is 786. The van der Waals surface area contributed by atoms with E-state index in [1.165, 1.54) is 23.5 Å². The van der Waals surface area contributed by atoms with Crippen molar-refractivity contribution in [2.24, 2.45) is 0 Å². The Morgan fingerprint density at radius 1 is 1.12 bits per heavy atom. The maximum atomic E-state index is 12.8. The van der Waals surface area contributed by atoms with Crippen LogP contribution in [0.3, 0.4) is 0 Å². The van der Waals surface area contributed by atoms with E-state index in [9.17, 15) is 9.18 Å². The smallest absolute Gasteiger partial charge is 0.266 e. The van der Waals surface area contributed by atoms with E-state index in [0.29, 0.717) is 17.2 Å². The zero-order valence-electron chi connectivity index (χ0n) is 12.8. The van der Waals surface area contributed by atoms with E-state index < -0.39 is 0 Å². The quantitative estimate of drug-likeness (QED) is 0.707. The van der Waals surface area contributed by atoms with Crippen LogP contribution in [-0.2, 0) is 6.42 Å². The van der Waals surface area contributed by atoms with E-state index in [1.807, 2.05) is 17.5 Å². The lowest BCUT2D eigenvalue weighted by molar-refractivity contribution is 0.103. The number of nitrogens with one attached hydrogen (secondary N) is 2. The molecule has 0 aliphatic heterocycles. The second-order valence-corrected chi connectivity index (χ2v) is 6.11. The third-order valence-corrected chi connectivity index (χ3v) is 4.27. The summed E-state index contributed by atoms with van der Waals surface area (Å²) >= 11 is 1.39. The molecule has 2 aromatic heterocycles. The molecule has 0 saturated carbocycles. The van der Waals surface area contributed by atoms with Gasteiger partial charge in [0.25, 0.3) is 5.91 Å². The van der Waals surface area contributed by atoms with Gasteiger partial charge in [-0.25, -0.2) is 9.37 Å². The van der Waals surface area contributed by atoms with Crippen LogP contribution in [-0.4, -0.2) is 17.4 Å². The van der Waals surface area contributed by atoms with Crippen LogP contribution in [0.1, 0.15) is 15.2 Å². The Balaban J connectivity index is 1.49. The highest BCUT2D eigenvalue weighted by Gasteiger charge is 2.07. The van der Waals surface area contributed by atoms with Crippen molar-refractivity contribution in [2.75, 3.05) is 17.2 Å². The highest BCUT2D eigenvalue weighted by Crippen LogP contribution is 2.14. The van der Waals surface area contributed by atoms with Crippen LogP contribution in [0.15, 0.2) is 60.1 Å². The number of thiophene rings is 1. The van der Waals surface area contributed by atoms with Crippen molar-refractivity contribution in [1.29, 1.82) is 0 Å². The van der Waals surface area contributed by atoms with Crippen LogP contribution in [0.5, 0.6) is 0 Å². The number of amides is 1. The van der Waals surface area contributed by atoms with E-state index in [1.54, 1.807) is 30.5 Å². The number of pyridine rings is 1. The maximum absolute atomic E-state index is 12.8. The summed E-state index contributed by atoms with van der Waals surface area (Å²) in [6.07, 6.45) is 2.46. The molecule has 24 heavy (non-hydrogen) atoms. The Morgan fingerprint density at radius 2 is 1.96 bits per heavy atom. The zero-order valence-corrected chi connectivity index (χ0v) is 13.6. The first-order chi connectivity index (χ1) is 11.7. The number of nitrogens with zero attached hydrogens (tertiary/aromatic N) is 1. The molecule has 0 saturated heterocycles. The normalized spacial score (nSPS) is 10.4. The van der Waals surface area contributed by atoms with Crippen LogP contribution in [0.25, 0.3) is 0 Å². The number of anilines is 2. The fourth-order valence-corrected chi connectivity index (χ4v) is 2.78. The number of carbonyl (C=O) groups is 1. The minimum atomic E-state index is -0.226. The minimum absolute atomic E-state index is 0.158. The molecular formula is C18H16FN3OS. The lowest BCUT2D eigenvalue weighted by Crippen LogP contribution is -2.11. The van der Waals surface area contributed by atoms with Gasteiger partial charge in [-0.2, -0.15) is 0 Å². The molecule has 0 spiro atoms. The average molecular weight is 341 g/mol. The van der Waals surface area contributed by atoms with Crippen molar-refractivity contribution >= 4 is 28.7 Å². The summed E-state index contributed by atoms with van der Waals surface area (Å²) in [7, 11) is 0. The predicted molar refractivity (Wildman–Crippen MR) is 95.1 cm³/mol. The van der Waals surface area contributed by atoms with Gasteiger partial charge >= 0.3 is 0 Å². The van der Waals surface area contributed by atoms with Gasteiger partial charge in [0.1, 0.15) is 11.6 Å². The lowest BCUT2D eigenvalue weighted by atomic mass is 10.1. The van der Waals surface area contributed by atoms with Gasteiger partial charge < -0.3 is 10.6 Å². The fourth-order valence-electron chi connectivity index (χ4n) is 2.16. The summed E-state index contributed by atoms with van der Waals surface area (Å²) in [5.74, 6) is 0.128. The number of halogens is 1. The van der Waals surface area contributed by atoms with E-state index in [-0.39, 0.29) is 11.7 Å². The van der Waals surface area contributed by atoms with Crippen molar-refractivity contribution < 1.29 is 9.18 Å². The fraction of sp³-hybridized carbons (Fsp3) is 0.111. The van der Waals surface area contributed by atoms with Gasteiger partial charge in [-0.05, 0) is 47.7 Å². The van der Waals surface area contributed by atoms with Gasteiger partial charge in [-0.3, -0.25) is 4.79 Å². The molecule has 0 fully saturated rings. The Morgan fingerprint density at radius 3 is 2.62 bits per heavy atom. The second kappa shape index (κ2) is 7.70. The number of hydrogen-bond acceptors (Lipinski definition) is 4. The molecule has 1 amide bonds. The molecule has 1 aromatic carbocycles. The van der Waals surface area contributed by atoms with Crippen molar-refractivity contribution in [3.63, 3.8) is 0 Å². The maximum Gasteiger partial charge on any atom is 0.266 e. The molecule has 2 heterocycles. The molecular weight excluding hydrogens is 325 g/mol. The topological polar surface area (TPSA) is 54.0 Å². The summed E-state index contributed by atoms with van der Waals surface area (Å²) in [6.45, 7) is 0.716. The monoisotopic (exact) mass is 341 g/mol. The van der Waals surface area contributed by atoms with Gasteiger partial charge in [0.15, 0.2) is 0 Å². The minimum Gasteiger partial charge on any atom is -0.383 e. The van der Waals surface area contributed by atoms with Crippen LogP contribution in [0, 0.1) is 5.82 Å². The van der Waals surface area contributed by atoms with Crippen LogP contribution in [0.4, 0.5) is 15.9 Å². The Hall–Kier alpha value is -2.73. The van der Waals surface area contributed by atoms with Gasteiger partial charge in [-0.15, -0.1) is 11.3 Å². The molecule has 122 valence electrons. The van der Waals surface area contributed by atoms with E-state index in [2.05, 4.69) is 15.6 Å². The van der Waals surface area contributed by atoms with E-state index >= 15 is 0 Å². The highest BCUT2D eigenvalue weighted by molar-refractivity contribution is 7.12. The van der Waals surface area contributed by atoms with Crippen molar-refractivity contribution in [1.82, 2.24) is 4.98 Å². The van der Waals surface area contributed by atoms with Crippen LogP contribution in [0.2, 0.25) is 0 Å². The molecule has 3 aromatic rings. The van der Waals surface area contributed by atoms with Crippen LogP contribution < -0.4 is 10.6 Å². The summed E-state index contributed by atoms with van der Waals surface area (Å²) < 4.78 is 12.8. The van der Waals surface area contributed by atoms with Crippen molar-refractivity contribution in [3.05, 3.63) is 76.4 Å². The molecule has 4 nitrogen and oxygen atoms in total. The van der Waals surface area contributed by atoms with Crippen molar-refractivity contribution in [3.8, 4) is 0 Å². The first-order valence-electron chi connectivity index (χ1n) is 7.50. The molecule has 3 rings (SSSR count). The summed E-state index contributed by atoms with van der Waals surface area (Å²) in [5, 5.41) is 7.86. The SMILES string of the molecule is O=C(Nc1ccc(NCCc2ccc(F)cc2)cn1)c1cccs1. The van der Waals surface area contributed by atoms with Gasteiger partial charge in [0, 0.05) is 6.54 Å². The molecule has 6 heteroatoms. The highest BCUT2D eigenvalue weighted by atomic mass is 32.1. The standard InChI is InChI=1S/C18H16FN3OS/c19-14-5-3-13(4-6-14)9-10-20-15-7-8-17(21-12-15)22-18(23)16-2-1-11-24-16/h1-8,11-12,20H,9-10H2,(H,21,22,23). The summed E-state index contributed by atoms with van der Waals surface area (Å²) in [5.41, 5.74) is 1.93. The number of hydrogen-bond donors (Lipinski definition) is 2. The number of benzene rings is 1. The number of rotatable bonds is 6. The number of carbonyl (C=O) groups excluding carboxylic acids is 1. The largest absolute Gasteiger partial charge is 0.383 e. The lowest BCUT2D eigenvalue weighted by Gasteiger charge is -2.08. The third-order valence-electron chi connectivity index (χ3n) is 3.41. The molecule has 0 radical (unpaired) electrons. The van der Waals surface area contributed by atoms with E-state index in [0.717, 1.165) is 17.7 Å². The van der Waals surface area contributed by atoms with Gasteiger partial charge in [0.05, 0.1) is 16.8 Å². The first-order valence-corrected chi connectivity index (χ1v) is 8.38. The molecule has 0 bridgehead atoms. The Kier molecular flexibility index (Phi) is 5.18. The number of aromatic nitrogens is 1. The molecule has 0 aliphatic rings. The first kappa shape index (κ1) is 16.1. The molecule has 0 unspecified atom stereocenters. The Labute approximate surface area is 143 Å². The van der Waals surface area contributed by atoms with Crippen molar-refractivity contribution in [2.45, 2.75) is 6.42 Å². The molecule has 0 aliphatic carbocycles.